The van der Waals surface area contributed by atoms with Crippen molar-refractivity contribution in [1.82, 2.24) is 5.32 Å². The normalized spacial score (nSPS) is 12.5. The highest BCUT2D eigenvalue weighted by Crippen LogP contribution is 2.33. The lowest BCUT2D eigenvalue weighted by Crippen LogP contribution is -2.26. The van der Waals surface area contributed by atoms with E-state index in [1.807, 2.05) is 36.4 Å². The van der Waals surface area contributed by atoms with E-state index in [0.717, 1.165) is 12.0 Å². The largest absolute Gasteiger partial charge is 0.454 e. The Morgan fingerprint density at radius 3 is 2.75 bits per heavy atom. The van der Waals surface area contributed by atoms with E-state index in [1.54, 1.807) is 24.3 Å². The Bertz CT molecular complexity index is 807. The van der Waals surface area contributed by atoms with Gasteiger partial charge in [0.15, 0.2) is 11.5 Å². The lowest BCUT2D eigenvalue weighted by molar-refractivity contribution is -0.117. The van der Waals surface area contributed by atoms with Crippen molar-refractivity contribution >= 4 is 12.0 Å². The zero-order valence-corrected chi connectivity index (χ0v) is 13.0. The minimum absolute atomic E-state index is 0.0573. The first kappa shape index (κ1) is 15.6. The summed E-state index contributed by atoms with van der Waals surface area (Å²) in [6.45, 7) is 0.663. The van der Waals surface area contributed by atoms with Crippen LogP contribution >= 0.6 is 0 Å². The van der Waals surface area contributed by atoms with E-state index in [-0.39, 0.29) is 18.3 Å². The van der Waals surface area contributed by atoms with Gasteiger partial charge >= 0.3 is 0 Å². The highest BCUT2D eigenvalue weighted by Gasteiger charge is 2.14. The van der Waals surface area contributed by atoms with Crippen LogP contribution in [0.25, 0.3) is 6.08 Å². The Kier molecular flexibility index (Phi) is 4.78. The quantitative estimate of drug-likeness (QED) is 0.679. The summed E-state index contributed by atoms with van der Waals surface area (Å²) in [6.07, 6.45) is 2.26. The molecule has 0 aromatic heterocycles. The fourth-order valence-corrected chi connectivity index (χ4v) is 2.38. The van der Waals surface area contributed by atoms with Crippen LogP contribution in [-0.2, 0) is 11.2 Å². The van der Waals surface area contributed by atoms with Crippen LogP contribution < -0.4 is 14.8 Å². The molecule has 120 valence electrons. The number of fused-ring (bicyclic) bond motifs is 1. The molecule has 1 aliphatic heterocycles. The number of hydrogen-bond acceptors (Lipinski definition) is 4. The van der Waals surface area contributed by atoms with Gasteiger partial charge in [-0.15, -0.1) is 0 Å². The van der Waals surface area contributed by atoms with Crippen LogP contribution in [0.1, 0.15) is 11.1 Å². The summed E-state index contributed by atoms with van der Waals surface area (Å²) < 4.78 is 10.5. The SMILES string of the molecule is N#CC(=Cc1ccc2c(c1)OCO2)C(=O)NCCc1ccccc1. The summed E-state index contributed by atoms with van der Waals surface area (Å²) in [7, 11) is 0. The van der Waals surface area contributed by atoms with E-state index < -0.39 is 0 Å². The lowest BCUT2D eigenvalue weighted by Gasteiger charge is -2.05. The molecule has 0 atom stereocenters. The molecule has 2 aromatic rings. The summed E-state index contributed by atoms with van der Waals surface area (Å²) in [5, 5.41) is 12.0. The first-order valence-electron chi connectivity index (χ1n) is 7.60. The molecular formula is C19H16N2O3. The van der Waals surface area contributed by atoms with E-state index in [1.165, 1.54) is 0 Å². The molecule has 24 heavy (non-hydrogen) atoms. The van der Waals surface area contributed by atoms with Gasteiger partial charge in [-0.2, -0.15) is 5.26 Å². The average molecular weight is 320 g/mol. The fourth-order valence-electron chi connectivity index (χ4n) is 2.38. The molecule has 5 heteroatoms. The number of nitrogens with zero attached hydrogens (tertiary/aromatic N) is 1. The number of benzene rings is 2. The molecule has 0 radical (unpaired) electrons. The molecule has 0 bridgehead atoms. The second kappa shape index (κ2) is 7.34. The van der Waals surface area contributed by atoms with Crippen LogP contribution in [0.4, 0.5) is 0 Å². The van der Waals surface area contributed by atoms with Gasteiger partial charge < -0.3 is 14.8 Å². The standard InChI is InChI=1S/C19H16N2O3/c20-12-16(10-15-6-7-17-18(11-15)24-13-23-17)19(22)21-9-8-14-4-2-1-3-5-14/h1-7,10-11H,8-9,13H2,(H,21,22). The number of nitrogens with one attached hydrogen (secondary N) is 1. The van der Waals surface area contributed by atoms with E-state index in [4.69, 9.17) is 9.47 Å². The van der Waals surface area contributed by atoms with Gasteiger partial charge in [0, 0.05) is 6.54 Å². The number of carbonyl (C=O) groups excluding carboxylic acids is 1. The first-order valence-corrected chi connectivity index (χ1v) is 7.60. The van der Waals surface area contributed by atoms with Crippen molar-refractivity contribution in [2.45, 2.75) is 6.42 Å². The van der Waals surface area contributed by atoms with Crippen molar-refractivity contribution in [3.05, 3.63) is 65.2 Å². The summed E-state index contributed by atoms with van der Waals surface area (Å²) in [4.78, 5) is 12.1. The van der Waals surface area contributed by atoms with Gasteiger partial charge in [0.1, 0.15) is 11.6 Å². The summed E-state index contributed by atoms with van der Waals surface area (Å²) in [5.41, 5.74) is 1.91. The highest BCUT2D eigenvalue weighted by molar-refractivity contribution is 6.01. The molecule has 0 saturated carbocycles. The zero-order chi connectivity index (χ0) is 16.8. The summed E-state index contributed by atoms with van der Waals surface area (Å²) >= 11 is 0. The van der Waals surface area contributed by atoms with Gasteiger partial charge in [-0.1, -0.05) is 36.4 Å². The average Bonchev–Trinajstić information content (AvgIpc) is 3.08. The zero-order valence-electron chi connectivity index (χ0n) is 13.0. The minimum Gasteiger partial charge on any atom is -0.454 e. The third-order valence-corrected chi connectivity index (χ3v) is 3.61. The molecule has 1 aliphatic rings. The van der Waals surface area contributed by atoms with Crippen molar-refractivity contribution in [3.8, 4) is 17.6 Å². The maximum absolute atomic E-state index is 12.1. The number of nitriles is 1. The third-order valence-electron chi connectivity index (χ3n) is 3.61. The number of ether oxygens (including phenoxy) is 2. The molecule has 5 nitrogen and oxygen atoms in total. The number of hydrogen-bond donors (Lipinski definition) is 1. The van der Waals surface area contributed by atoms with Crippen molar-refractivity contribution in [3.63, 3.8) is 0 Å². The Morgan fingerprint density at radius 2 is 1.96 bits per heavy atom. The number of rotatable bonds is 5. The van der Waals surface area contributed by atoms with Crippen LogP contribution in [0.5, 0.6) is 11.5 Å². The van der Waals surface area contributed by atoms with Gasteiger partial charge in [-0.25, -0.2) is 0 Å². The van der Waals surface area contributed by atoms with Crippen LogP contribution in [-0.4, -0.2) is 19.2 Å². The van der Waals surface area contributed by atoms with Crippen LogP contribution in [0, 0.1) is 11.3 Å². The van der Waals surface area contributed by atoms with E-state index in [9.17, 15) is 10.1 Å². The Hall–Kier alpha value is -3.26. The highest BCUT2D eigenvalue weighted by atomic mass is 16.7. The molecule has 2 aromatic carbocycles. The second-order valence-electron chi connectivity index (χ2n) is 5.27. The molecule has 0 spiro atoms. The van der Waals surface area contributed by atoms with Gasteiger partial charge in [0.2, 0.25) is 6.79 Å². The van der Waals surface area contributed by atoms with Crippen molar-refractivity contribution in [2.75, 3.05) is 13.3 Å². The summed E-state index contributed by atoms with van der Waals surface area (Å²) in [6, 6.07) is 17.1. The molecule has 1 heterocycles. The maximum atomic E-state index is 12.1. The predicted octanol–water partition coefficient (Wildman–Crippen LogP) is 2.68. The first-order chi connectivity index (χ1) is 11.8. The molecule has 0 fully saturated rings. The predicted molar refractivity (Wildman–Crippen MR) is 89.3 cm³/mol. The van der Waals surface area contributed by atoms with Crippen LogP contribution in [0.15, 0.2) is 54.1 Å². The monoisotopic (exact) mass is 320 g/mol. The van der Waals surface area contributed by atoms with Crippen LogP contribution in [0.3, 0.4) is 0 Å². The minimum atomic E-state index is -0.383. The van der Waals surface area contributed by atoms with Crippen molar-refractivity contribution < 1.29 is 14.3 Å². The van der Waals surface area contributed by atoms with E-state index >= 15 is 0 Å². The molecular weight excluding hydrogens is 304 g/mol. The molecule has 1 amide bonds. The lowest BCUT2D eigenvalue weighted by atomic mass is 10.1. The molecule has 0 unspecified atom stereocenters. The van der Waals surface area contributed by atoms with Crippen molar-refractivity contribution in [2.24, 2.45) is 0 Å². The number of carbonyl (C=O) groups is 1. The molecule has 0 saturated heterocycles. The van der Waals surface area contributed by atoms with Gasteiger partial charge in [-0.05, 0) is 35.8 Å². The van der Waals surface area contributed by atoms with E-state index in [0.29, 0.717) is 23.6 Å². The Morgan fingerprint density at radius 1 is 1.17 bits per heavy atom. The van der Waals surface area contributed by atoms with Crippen LogP contribution in [0.2, 0.25) is 0 Å². The molecule has 1 N–H and O–H groups in total. The van der Waals surface area contributed by atoms with Gasteiger partial charge in [0.25, 0.3) is 5.91 Å². The van der Waals surface area contributed by atoms with Gasteiger partial charge in [0.05, 0.1) is 0 Å². The Labute approximate surface area is 140 Å². The molecule has 0 aliphatic carbocycles. The smallest absolute Gasteiger partial charge is 0.261 e. The number of amides is 1. The van der Waals surface area contributed by atoms with Gasteiger partial charge in [-0.3, -0.25) is 4.79 Å². The maximum Gasteiger partial charge on any atom is 0.261 e. The third kappa shape index (κ3) is 3.73. The summed E-state index contributed by atoms with van der Waals surface area (Å²) in [5.74, 6) is 0.898. The van der Waals surface area contributed by atoms with E-state index in [2.05, 4.69) is 5.32 Å². The Balaban J connectivity index is 1.62. The fraction of sp³-hybridized carbons (Fsp3) is 0.158. The second-order valence-corrected chi connectivity index (χ2v) is 5.27. The topological polar surface area (TPSA) is 71.3 Å². The van der Waals surface area contributed by atoms with Crippen molar-refractivity contribution in [1.29, 1.82) is 5.26 Å². The molecule has 3 rings (SSSR count).